The van der Waals surface area contributed by atoms with Gasteiger partial charge in [-0.05, 0) is 6.42 Å². The minimum atomic E-state index is -0.973. The number of rotatable bonds is 5. The smallest absolute Gasteiger partial charge is 0.308 e. The van der Waals surface area contributed by atoms with E-state index in [1.165, 1.54) is 7.11 Å². The zero-order valence-corrected chi connectivity index (χ0v) is 5.91. The molecule has 0 saturated heterocycles. The van der Waals surface area contributed by atoms with Crippen molar-refractivity contribution in [3.63, 3.8) is 0 Å². The molecule has 0 aromatic heterocycles. The topological polar surface area (TPSA) is 66.8 Å². The minimum absolute atomic E-state index is 0.321. The zero-order valence-electron chi connectivity index (χ0n) is 5.91. The van der Waals surface area contributed by atoms with E-state index in [9.17, 15) is 4.79 Å². The average Bonchev–Trinajstić information content (AvgIpc) is 1.89. The average molecular weight is 148 g/mol. The number of aliphatic hydroxyl groups is 1. The summed E-state index contributed by atoms with van der Waals surface area (Å²) in [7, 11) is 1.50. The van der Waals surface area contributed by atoms with E-state index in [0.717, 1.165) is 0 Å². The van der Waals surface area contributed by atoms with Gasteiger partial charge in [0.15, 0.2) is 0 Å². The third kappa shape index (κ3) is 3.42. The number of carboxylic acids is 1. The van der Waals surface area contributed by atoms with Crippen LogP contribution in [0.4, 0.5) is 0 Å². The van der Waals surface area contributed by atoms with Gasteiger partial charge >= 0.3 is 5.97 Å². The van der Waals surface area contributed by atoms with Gasteiger partial charge in [0.1, 0.15) is 0 Å². The summed E-state index contributed by atoms with van der Waals surface area (Å²) >= 11 is 0. The molecule has 4 nitrogen and oxygen atoms in total. The number of hydrogen-bond acceptors (Lipinski definition) is 3. The van der Waals surface area contributed by atoms with Crippen LogP contribution in [-0.4, -0.2) is 36.5 Å². The van der Waals surface area contributed by atoms with Crippen molar-refractivity contribution in [1.29, 1.82) is 0 Å². The molecule has 4 heteroatoms. The highest BCUT2D eigenvalue weighted by Gasteiger charge is 2.14. The lowest BCUT2D eigenvalue weighted by molar-refractivity contribution is -0.143. The van der Waals surface area contributed by atoms with Crippen LogP contribution < -0.4 is 0 Å². The maximum atomic E-state index is 10.2. The van der Waals surface area contributed by atoms with Crippen LogP contribution in [-0.2, 0) is 9.53 Å². The Morgan fingerprint density at radius 3 is 2.60 bits per heavy atom. The van der Waals surface area contributed by atoms with Crippen LogP contribution in [0.25, 0.3) is 0 Å². The Hall–Kier alpha value is -0.610. The van der Waals surface area contributed by atoms with Crippen molar-refractivity contribution in [2.24, 2.45) is 5.92 Å². The third-order valence-corrected chi connectivity index (χ3v) is 1.24. The van der Waals surface area contributed by atoms with Gasteiger partial charge in [0.25, 0.3) is 0 Å². The summed E-state index contributed by atoms with van der Waals surface area (Å²) in [6, 6.07) is 0. The normalized spacial score (nSPS) is 13.0. The lowest BCUT2D eigenvalue weighted by Crippen LogP contribution is -2.19. The predicted octanol–water partition coefficient (Wildman–Crippen LogP) is -0.284. The van der Waals surface area contributed by atoms with Gasteiger partial charge in [-0.25, -0.2) is 0 Å². The molecule has 60 valence electrons. The fraction of sp³-hybridized carbons (Fsp3) is 0.833. The van der Waals surface area contributed by atoms with E-state index < -0.39 is 11.9 Å². The van der Waals surface area contributed by atoms with Crippen LogP contribution in [0.1, 0.15) is 6.42 Å². The summed E-state index contributed by atoms with van der Waals surface area (Å²) in [6.07, 6.45) is 0.363. The number of carbonyl (C=O) groups is 1. The van der Waals surface area contributed by atoms with E-state index in [-0.39, 0.29) is 6.61 Å². The van der Waals surface area contributed by atoms with Crippen molar-refractivity contribution in [3.8, 4) is 0 Å². The van der Waals surface area contributed by atoms with Gasteiger partial charge in [0, 0.05) is 13.7 Å². The first-order valence-electron chi connectivity index (χ1n) is 3.05. The van der Waals surface area contributed by atoms with Crippen molar-refractivity contribution in [2.75, 3.05) is 20.3 Å². The second-order valence-electron chi connectivity index (χ2n) is 2.00. The first-order chi connectivity index (χ1) is 4.72. The van der Waals surface area contributed by atoms with Gasteiger partial charge in [-0.15, -0.1) is 0 Å². The van der Waals surface area contributed by atoms with Gasteiger partial charge in [-0.2, -0.15) is 0 Å². The van der Waals surface area contributed by atoms with E-state index in [4.69, 9.17) is 10.2 Å². The summed E-state index contributed by atoms with van der Waals surface area (Å²) in [4.78, 5) is 10.2. The van der Waals surface area contributed by atoms with E-state index in [1.807, 2.05) is 0 Å². The largest absolute Gasteiger partial charge is 0.481 e. The lowest BCUT2D eigenvalue weighted by atomic mass is 10.1. The molecule has 10 heavy (non-hydrogen) atoms. The Morgan fingerprint density at radius 1 is 1.70 bits per heavy atom. The van der Waals surface area contributed by atoms with E-state index >= 15 is 0 Å². The second kappa shape index (κ2) is 5.20. The molecule has 0 fully saturated rings. The molecule has 1 unspecified atom stereocenters. The molecule has 2 N–H and O–H groups in total. The van der Waals surface area contributed by atoms with Crippen LogP contribution in [0.2, 0.25) is 0 Å². The molecule has 0 bridgehead atoms. The Kier molecular flexibility index (Phi) is 4.88. The summed E-state index contributed by atoms with van der Waals surface area (Å²) in [5.74, 6) is -1.65. The quantitative estimate of drug-likeness (QED) is 0.562. The van der Waals surface area contributed by atoms with Crippen molar-refractivity contribution in [1.82, 2.24) is 0 Å². The van der Waals surface area contributed by atoms with E-state index in [2.05, 4.69) is 4.74 Å². The number of carboxylic acid groups (broad SMARTS) is 1. The van der Waals surface area contributed by atoms with Crippen LogP contribution in [0.5, 0.6) is 0 Å². The molecule has 0 spiro atoms. The SMILES string of the molecule is COCCC(CO)C(=O)O. The van der Waals surface area contributed by atoms with Crippen LogP contribution in [0, 0.1) is 5.92 Å². The maximum Gasteiger partial charge on any atom is 0.308 e. The standard InChI is InChI=1S/C6H12O4/c1-10-3-2-5(4-7)6(8)9/h5,7H,2-4H2,1H3,(H,8,9). The summed E-state index contributed by atoms with van der Waals surface area (Å²) in [6.45, 7) is 0.0518. The molecule has 0 aromatic carbocycles. The van der Waals surface area contributed by atoms with Gasteiger partial charge < -0.3 is 14.9 Å². The molecule has 0 aliphatic rings. The maximum absolute atomic E-state index is 10.2. The molecule has 0 radical (unpaired) electrons. The van der Waals surface area contributed by atoms with Crippen molar-refractivity contribution < 1.29 is 19.7 Å². The third-order valence-electron chi connectivity index (χ3n) is 1.24. The van der Waals surface area contributed by atoms with Gasteiger partial charge in [-0.1, -0.05) is 0 Å². The minimum Gasteiger partial charge on any atom is -0.481 e. The highest BCUT2D eigenvalue weighted by Crippen LogP contribution is 2.01. The number of aliphatic hydroxyl groups excluding tert-OH is 1. The molecule has 0 saturated carbocycles. The summed E-state index contributed by atoms with van der Waals surface area (Å²) < 4.78 is 4.65. The van der Waals surface area contributed by atoms with Crippen molar-refractivity contribution in [3.05, 3.63) is 0 Å². The fourth-order valence-corrected chi connectivity index (χ4v) is 0.553. The molecular weight excluding hydrogens is 136 g/mol. The molecule has 0 amide bonds. The molecule has 0 heterocycles. The van der Waals surface area contributed by atoms with Crippen molar-refractivity contribution in [2.45, 2.75) is 6.42 Å². The Balaban J connectivity index is 3.50. The monoisotopic (exact) mass is 148 g/mol. The van der Waals surface area contributed by atoms with E-state index in [0.29, 0.717) is 13.0 Å². The summed E-state index contributed by atoms with van der Waals surface area (Å²) in [5, 5.41) is 16.9. The molecular formula is C6H12O4. The second-order valence-corrected chi connectivity index (χ2v) is 2.00. The van der Waals surface area contributed by atoms with Crippen LogP contribution >= 0.6 is 0 Å². The lowest BCUT2D eigenvalue weighted by Gasteiger charge is -2.06. The van der Waals surface area contributed by atoms with E-state index in [1.54, 1.807) is 0 Å². The number of aliphatic carboxylic acids is 1. The predicted molar refractivity (Wildman–Crippen MR) is 34.7 cm³/mol. The van der Waals surface area contributed by atoms with Crippen LogP contribution in [0.3, 0.4) is 0 Å². The Labute approximate surface area is 59.4 Å². The first-order valence-corrected chi connectivity index (χ1v) is 3.05. The first kappa shape index (κ1) is 9.39. The highest BCUT2D eigenvalue weighted by molar-refractivity contribution is 5.69. The fourth-order valence-electron chi connectivity index (χ4n) is 0.553. The van der Waals surface area contributed by atoms with Gasteiger partial charge in [-0.3, -0.25) is 4.79 Å². The Morgan fingerprint density at radius 2 is 2.30 bits per heavy atom. The van der Waals surface area contributed by atoms with Gasteiger partial charge in [0.05, 0.1) is 12.5 Å². The number of hydrogen-bond donors (Lipinski definition) is 2. The Bertz CT molecular complexity index is 102. The number of ether oxygens (including phenoxy) is 1. The molecule has 0 rings (SSSR count). The van der Waals surface area contributed by atoms with Crippen molar-refractivity contribution >= 4 is 5.97 Å². The molecule has 0 aliphatic carbocycles. The molecule has 1 atom stereocenters. The molecule has 0 aromatic rings. The zero-order chi connectivity index (χ0) is 7.98. The highest BCUT2D eigenvalue weighted by atomic mass is 16.5. The number of methoxy groups -OCH3 is 1. The molecule has 0 aliphatic heterocycles. The summed E-state index contributed by atoms with van der Waals surface area (Å²) in [5.41, 5.74) is 0. The van der Waals surface area contributed by atoms with Crippen LogP contribution in [0.15, 0.2) is 0 Å². The van der Waals surface area contributed by atoms with Gasteiger partial charge in [0.2, 0.25) is 0 Å².